The van der Waals surface area contributed by atoms with Crippen LogP contribution in [0.25, 0.3) is 21.8 Å². The first-order valence-corrected chi connectivity index (χ1v) is 7.73. The van der Waals surface area contributed by atoms with Crippen LogP contribution in [-0.2, 0) is 0 Å². The van der Waals surface area contributed by atoms with E-state index >= 15 is 0 Å². The average molecular weight is 324 g/mol. The summed E-state index contributed by atoms with van der Waals surface area (Å²) in [6, 6.07) is 9.24. The van der Waals surface area contributed by atoms with Crippen molar-refractivity contribution in [1.82, 2.24) is 14.9 Å². The topological polar surface area (TPSA) is 112 Å². The number of nitrogens with zero attached hydrogens (tertiary/aromatic N) is 2. The van der Waals surface area contributed by atoms with Crippen molar-refractivity contribution in [2.75, 3.05) is 13.1 Å². The van der Waals surface area contributed by atoms with E-state index in [0.29, 0.717) is 18.5 Å². The Hall–Kier alpha value is -2.93. The van der Waals surface area contributed by atoms with Gasteiger partial charge >= 0.3 is 0 Å². The maximum atomic E-state index is 12.7. The number of nitrogens with one attached hydrogen (secondary N) is 1. The minimum absolute atomic E-state index is 0.0480. The number of nitrogens with two attached hydrogens (primary N) is 1. The molecule has 3 heterocycles. The van der Waals surface area contributed by atoms with E-state index in [1.165, 1.54) is 0 Å². The molecule has 4 N–H and O–H groups in total. The molecule has 0 unspecified atom stereocenters. The van der Waals surface area contributed by atoms with Gasteiger partial charge in [0.15, 0.2) is 5.69 Å². The second kappa shape index (κ2) is 5.31. The maximum absolute atomic E-state index is 12.7. The predicted molar refractivity (Wildman–Crippen MR) is 88.6 cm³/mol. The van der Waals surface area contributed by atoms with Crippen molar-refractivity contribution in [2.45, 2.75) is 12.5 Å². The van der Waals surface area contributed by atoms with Crippen molar-refractivity contribution < 1.29 is 14.7 Å². The number of rotatable bonds is 2. The van der Waals surface area contributed by atoms with Crippen LogP contribution in [0.4, 0.5) is 0 Å². The summed E-state index contributed by atoms with van der Waals surface area (Å²) in [5, 5.41) is 11.3. The number of primary amides is 1. The van der Waals surface area contributed by atoms with Crippen LogP contribution in [0.1, 0.15) is 27.4 Å². The SMILES string of the molecule is NC(=O)c1nc(C(=O)N2CC[C@@H](O)C2)cc2c1[nH]c1ccccc12. The number of aliphatic hydroxyl groups is 1. The highest BCUT2D eigenvalue weighted by Gasteiger charge is 2.27. The molecule has 1 atom stereocenters. The molecule has 0 radical (unpaired) electrons. The number of carbonyl (C=O) groups is 2. The first-order valence-electron chi connectivity index (χ1n) is 7.73. The van der Waals surface area contributed by atoms with Crippen molar-refractivity contribution in [2.24, 2.45) is 5.73 Å². The molecule has 0 bridgehead atoms. The number of H-pyrrole nitrogens is 1. The summed E-state index contributed by atoms with van der Waals surface area (Å²) >= 11 is 0. The van der Waals surface area contributed by atoms with Crippen LogP contribution in [0.2, 0.25) is 0 Å². The maximum Gasteiger partial charge on any atom is 0.272 e. The van der Waals surface area contributed by atoms with Crippen molar-refractivity contribution in [3.63, 3.8) is 0 Å². The van der Waals surface area contributed by atoms with Crippen LogP contribution in [0.3, 0.4) is 0 Å². The first-order chi connectivity index (χ1) is 11.5. The molecule has 3 aromatic rings. The van der Waals surface area contributed by atoms with Crippen LogP contribution < -0.4 is 5.73 Å². The molecule has 1 aromatic carbocycles. The van der Waals surface area contributed by atoms with Crippen LogP contribution in [0, 0.1) is 0 Å². The van der Waals surface area contributed by atoms with Crippen molar-refractivity contribution >= 4 is 33.6 Å². The van der Waals surface area contributed by atoms with Crippen molar-refractivity contribution in [1.29, 1.82) is 0 Å². The van der Waals surface area contributed by atoms with Gasteiger partial charge in [-0.1, -0.05) is 18.2 Å². The van der Waals surface area contributed by atoms with E-state index in [2.05, 4.69) is 9.97 Å². The van der Waals surface area contributed by atoms with Gasteiger partial charge in [0.2, 0.25) is 0 Å². The lowest BCUT2D eigenvalue weighted by molar-refractivity contribution is 0.0759. The molecule has 7 nitrogen and oxygen atoms in total. The number of hydrogen-bond donors (Lipinski definition) is 3. The minimum atomic E-state index is -0.692. The third-order valence-corrected chi connectivity index (χ3v) is 4.40. The summed E-state index contributed by atoms with van der Waals surface area (Å²) in [7, 11) is 0. The fourth-order valence-electron chi connectivity index (χ4n) is 3.22. The number of aromatic amines is 1. The van der Waals surface area contributed by atoms with E-state index in [1.54, 1.807) is 11.0 Å². The van der Waals surface area contributed by atoms with Gasteiger partial charge in [-0.2, -0.15) is 0 Å². The van der Waals surface area contributed by atoms with E-state index in [1.807, 2.05) is 24.3 Å². The van der Waals surface area contributed by atoms with Gasteiger partial charge in [-0.15, -0.1) is 0 Å². The normalized spacial score (nSPS) is 17.7. The summed E-state index contributed by atoms with van der Waals surface area (Å²) in [5.41, 5.74) is 7.04. The number of benzene rings is 1. The van der Waals surface area contributed by atoms with Gasteiger partial charge in [-0.3, -0.25) is 9.59 Å². The zero-order valence-electron chi connectivity index (χ0n) is 12.8. The Balaban J connectivity index is 1.91. The Bertz CT molecular complexity index is 979. The molecule has 4 rings (SSSR count). The number of amides is 2. The van der Waals surface area contributed by atoms with E-state index in [0.717, 1.165) is 16.3 Å². The molecule has 0 aliphatic carbocycles. The Morgan fingerprint density at radius 2 is 2.08 bits per heavy atom. The third kappa shape index (κ3) is 2.21. The van der Waals surface area contributed by atoms with E-state index in [4.69, 9.17) is 5.73 Å². The van der Waals surface area contributed by atoms with E-state index in [9.17, 15) is 14.7 Å². The Labute approximate surface area is 137 Å². The molecule has 24 heavy (non-hydrogen) atoms. The summed E-state index contributed by atoms with van der Waals surface area (Å²) in [6.07, 6.45) is 0.0328. The van der Waals surface area contributed by atoms with Gasteiger partial charge in [0.1, 0.15) is 5.69 Å². The van der Waals surface area contributed by atoms with Gasteiger partial charge in [0, 0.05) is 29.4 Å². The highest BCUT2D eigenvalue weighted by molar-refractivity contribution is 6.15. The number of likely N-dealkylation sites (tertiary alicyclic amines) is 1. The number of carbonyl (C=O) groups excluding carboxylic acids is 2. The van der Waals surface area contributed by atoms with Gasteiger partial charge in [-0.05, 0) is 18.6 Å². The fraction of sp³-hybridized carbons (Fsp3) is 0.235. The molecule has 2 amide bonds. The number of para-hydroxylation sites is 1. The van der Waals surface area contributed by atoms with Crippen LogP contribution in [0.15, 0.2) is 30.3 Å². The van der Waals surface area contributed by atoms with Gasteiger partial charge in [-0.25, -0.2) is 4.98 Å². The third-order valence-electron chi connectivity index (χ3n) is 4.40. The molecule has 1 aliphatic rings. The number of hydrogen-bond acceptors (Lipinski definition) is 4. The molecule has 0 saturated carbocycles. The Morgan fingerprint density at radius 3 is 2.79 bits per heavy atom. The van der Waals surface area contributed by atoms with Crippen molar-refractivity contribution in [3.05, 3.63) is 41.7 Å². The predicted octanol–water partition coefficient (Wildman–Crippen LogP) is 1.02. The van der Waals surface area contributed by atoms with Crippen LogP contribution >= 0.6 is 0 Å². The summed E-state index contributed by atoms with van der Waals surface area (Å²) in [4.78, 5) is 33.3. The highest BCUT2D eigenvalue weighted by atomic mass is 16.3. The Morgan fingerprint density at radius 1 is 1.29 bits per heavy atom. The smallest absolute Gasteiger partial charge is 0.272 e. The Kier molecular flexibility index (Phi) is 3.24. The first kappa shape index (κ1) is 14.6. The quantitative estimate of drug-likeness (QED) is 0.653. The molecule has 2 aromatic heterocycles. The number of fused-ring (bicyclic) bond motifs is 3. The molecular weight excluding hydrogens is 308 g/mol. The van der Waals surface area contributed by atoms with Gasteiger partial charge in [0.25, 0.3) is 11.8 Å². The van der Waals surface area contributed by atoms with E-state index in [-0.39, 0.29) is 23.8 Å². The molecule has 0 spiro atoms. The number of aliphatic hydroxyl groups excluding tert-OH is 1. The second-order valence-corrected chi connectivity index (χ2v) is 6.01. The molecular formula is C17H16N4O3. The lowest BCUT2D eigenvalue weighted by atomic mass is 10.1. The standard InChI is InChI=1S/C17H16N4O3/c18-16(23)15-14-11(10-3-1-2-4-12(10)19-14)7-13(20-15)17(24)21-6-5-9(22)8-21/h1-4,7,9,19,22H,5-6,8H2,(H2,18,23)/t9-/m1/s1. The van der Waals surface area contributed by atoms with Crippen LogP contribution in [-0.4, -0.2) is 51.0 Å². The molecule has 1 aliphatic heterocycles. The monoisotopic (exact) mass is 324 g/mol. The summed E-state index contributed by atoms with van der Waals surface area (Å²) in [6.45, 7) is 0.748. The van der Waals surface area contributed by atoms with Gasteiger partial charge in [0.05, 0.1) is 11.6 Å². The van der Waals surface area contributed by atoms with E-state index < -0.39 is 12.0 Å². The molecule has 1 saturated heterocycles. The second-order valence-electron chi connectivity index (χ2n) is 6.01. The summed E-state index contributed by atoms with van der Waals surface area (Å²) in [5.74, 6) is -0.996. The largest absolute Gasteiger partial charge is 0.391 e. The molecule has 1 fully saturated rings. The zero-order chi connectivity index (χ0) is 16.8. The lowest BCUT2D eigenvalue weighted by Crippen LogP contribution is -2.30. The number of pyridine rings is 1. The molecule has 122 valence electrons. The minimum Gasteiger partial charge on any atom is -0.391 e. The van der Waals surface area contributed by atoms with Gasteiger partial charge < -0.3 is 20.7 Å². The molecule has 7 heteroatoms. The highest BCUT2D eigenvalue weighted by Crippen LogP contribution is 2.28. The lowest BCUT2D eigenvalue weighted by Gasteiger charge is -2.15. The number of β-amino-alcohol motifs (C(OH)–C–C–N with tert-alkyl or cyclic N) is 1. The number of aromatic nitrogens is 2. The fourth-order valence-corrected chi connectivity index (χ4v) is 3.22. The van der Waals surface area contributed by atoms with Crippen molar-refractivity contribution in [3.8, 4) is 0 Å². The zero-order valence-corrected chi connectivity index (χ0v) is 12.8. The van der Waals surface area contributed by atoms with Crippen LogP contribution in [0.5, 0.6) is 0 Å². The summed E-state index contributed by atoms with van der Waals surface area (Å²) < 4.78 is 0. The average Bonchev–Trinajstić information content (AvgIpc) is 3.16.